The number of rotatable bonds is 6. The Morgan fingerprint density at radius 2 is 2.42 bits per heavy atom. The number of hydrogen-bond donors (Lipinski definition) is 1. The summed E-state index contributed by atoms with van der Waals surface area (Å²) in [7, 11) is 1.99. The molecule has 1 fully saturated rings. The Bertz CT molecular complexity index is 383. The maximum Gasteiger partial charge on any atom is 0.234 e. The highest BCUT2D eigenvalue weighted by Gasteiger charge is 2.16. The summed E-state index contributed by atoms with van der Waals surface area (Å²) in [4.78, 5) is 10.7. The van der Waals surface area contributed by atoms with E-state index in [4.69, 9.17) is 9.47 Å². The van der Waals surface area contributed by atoms with Crippen LogP contribution < -0.4 is 15.0 Å². The molecule has 19 heavy (non-hydrogen) atoms. The van der Waals surface area contributed by atoms with Gasteiger partial charge in [-0.15, -0.1) is 0 Å². The number of aromatic nitrogens is 2. The zero-order valence-corrected chi connectivity index (χ0v) is 11.6. The van der Waals surface area contributed by atoms with Crippen molar-refractivity contribution >= 4 is 5.82 Å². The molecule has 1 N–H and O–H groups in total. The van der Waals surface area contributed by atoms with E-state index in [0.29, 0.717) is 12.5 Å². The van der Waals surface area contributed by atoms with Crippen molar-refractivity contribution in [2.45, 2.75) is 19.4 Å². The molecule has 1 aromatic rings. The fraction of sp³-hybridized carbons (Fsp3) is 0.692. The summed E-state index contributed by atoms with van der Waals surface area (Å²) >= 11 is 0. The molecule has 1 aromatic heterocycles. The molecule has 106 valence electrons. The van der Waals surface area contributed by atoms with Crippen LogP contribution in [0.3, 0.4) is 0 Å². The molecule has 2 heterocycles. The summed E-state index contributed by atoms with van der Waals surface area (Å²) in [6.07, 6.45) is 4.55. The van der Waals surface area contributed by atoms with Crippen molar-refractivity contribution in [2.24, 2.45) is 0 Å². The predicted octanol–water partition coefficient (Wildman–Crippen LogP) is 0.690. The average Bonchev–Trinajstić information content (AvgIpc) is 2.46. The van der Waals surface area contributed by atoms with Crippen LogP contribution in [0.2, 0.25) is 0 Å². The molecule has 1 aliphatic rings. The Hall–Kier alpha value is -1.40. The summed E-state index contributed by atoms with van der Waals surface area (Å²) in [6, 6.07) is 0. The van der Waals surface area contributed by atoms with Crippen molar-refractivity contribution in [3.05, 3.63) is 12.4 Å². The normalized spacial score (nSPS) is 19.2. The van der Waals surface area contributed by atoms with Gasteiger partial charge in [0.05, 0.1) is 31.7 Å². The van der Waals surface area contributed by atoms with Gasteiger partial charge in [-0.05, 0) is 6.42 Å². The van der Waals surface area contributed by atoms with E-state index in [9.17, 15) is 0 Å². The number of anilines is 1. The van der Waals surface area contributed by atoms with E-state index in [1.807, 2.05) is 11.9 Å². The Balaban J connectivity index is 1.91. The zero-order valence-electron chi connectivity index (χ0n) is 11.6. The van der Waals surface area contributed by atoms with Gasteiger partial charge in [0.2, 0.25) is 5.88 Å². The fourth-order valence-electron chi connectivity index (χ4n) is 1.93. The summed E-state index contributed by atoms with van der Waals surface area (Å²) in [5.74, 6) is 1.39. The number of ether oxygens (including phenoxy) is 2. The molecule has 0 amide bonds. The first-order valence-corrected chi connectivity index (χ1v) is 6.78. The van der Waals surface area contributed by atoms with Crippen LogP contribution in [0, 0.1) is 0 Å². The first-order valence-electron chi connectivity index (χ1n) is 6.78. The lowest BCUT2D eigenvalue weighted by atomic mass is 10.3. The fourth-order valence-corrected chi connectivity index (χ4v) is 1.93. The van der Waals surface area contributed by atoms with Gasteiger partial charge < -0.3 is 19.7 Å². The van der Waals surface area contributed by atoms with Gasteiger partial charge in [-0.3, -0.25) is 4.98 Å². The van der Waals surface area contributed by atoms with E-state index >= 15 is 0 Å². The molecule has 1 unspecified atom stereocenters. The standard InChI is InChI=1S/C13H22N4O2/c1-3-5-19-13-9-15-8-12(16-13)17(2)10-11-7-14-4-6-18-11/h8-9,11,14H,3-7,10H2,1-2H3. The number of nitrogens with one attached hydrogen (secondary N) is 1. The predicted molar refractivity (Wildman–Crippen MR) is 73.7 cm³/mol. The minimum atomic E-state index is 0.195. The SMILES string of the molecule is CCCOc1cncc(N(C)CC2CNCCO2)n1. The topological polar surface area (TPSA) is 59.5 Å². The highest BCUT2D eigenvalue weighted by Crippen LogP contribution is 2.13. The van der Waals surface area contributed by atoms with Crippen LogP contribution in [0.25, 0.3) is 0 Å². The van der Waals surface area contributed by atoms with Crippen molar-refractivity contribution in [2.75, 3.05) is 44.8 Å². The molecular weight excluding hydrogens is 244 g/mol. The number of hydrogen-bond acceptors (Lipinski definition) is 6. The van der Waals surface area contributed by atoms with E-state index in [1.165, 1.54) is 0 Å². The van der Waals surface area contributed by atoms with Crippen LogP contribution in [0.4, 0.5) is 5.82 Å². The second kappa shape index (κ2) is 7.25. The third-order valence-electron chi connectivity index (χ3n) is 2.93. The third kappa shape index (κ3) is 4.33. The summed E-state index contributed by atoms with van der Waals surface area (Å²) < 4.78 is 11.2. The Morgan fingerprint density at radius 1 is 1.53 bits per heavy atom. The lowest BCUT2D eigenvalue weighted by Crippen LogP contribution is -2.44. The maximum absolute atomic E-state index is 5.68. The van der Waals surface area contributed by atoms with Crippen LogP contribution in [0.1, 0.15) is 13.3 Å². The highest BCUT2D eigenvalue weighted by atomic mass is 16.5. The van der Waals surface area contributed by atoms with Crippen molar-refractivity contribution in [3.8, 4) is 5.88 Å². The third-order valence-corrected chi connectivity index (χ3v) is 2.93. The van der Waals surface area contributed by atoms with Gasteiger partial charge in [0, 0.05) is 26.7 Å². The monoisotopic (exact) mass is 266 g/mol. The Labute approximate surface area is 114 Å². The van der Waals surface area contributed by atoms with Crippen LogP contribution in [0.5, 0.6) is 5.88 Å². The summed E-state index contributed by atoms with van der Waals surface area (Å²) in [5, 5.41) is 3.32. The lowest BCUT2D eigenvalue weighted by Gasteiger charge is -2.28. The van der Waals surface area contributed by atoms with E-state index in [-0.39, 0.29) is 6.10 Å². The molecule has 0 radical (unpaired) electrons. The number of likely N-dealkylation sites (N-methyl/N-ethyl adjacent to an activating group) is 1. The van der Waals surface area contributed by atoms with E-state index in [1.54, 1.807) is 12.4 Å². The minimum absolute atomic E-state index is 0.195. The van der Waals surface area contributed by atoms with Crippen molar-refractivity contribution in [1.82, 2.24) is 15.3 Å². The van der Waals surface area contributed by atoms with Crippen LogP contribution in [-0.2, 0) is 4.74 Å². The molecule has 0 aliphatic carbocycles. The van der Waals surface area contributed by atoms with Crippen molar-refractivity contribution in [3.63, 3.8) is 0 Å². The summed E-state index contributed by atoms with van der Waals surface area (Å²) in [6.45, 7) is 6.10. The Morgan fingerprint density at radius 3 is 3.16 bits per heavy atom. The largest absolute Gasteiger partial charge is 0.477 e. The maximum atomic E-state index is 5.68. The number of nitrogens with zero attached hydrogens (tertiary/aromatic N) is 3. The zero-order chi connectivity index (χ0) is 13.5. The van der Waals surface area contributed by atoms with Gasteiger partial charge in [-0.25, -0.2) is 0 Å². The first kappa shape index (κ1) is 14.0. The van der Waals surface area contributed by atoms with Crippen molar-refractivity contribution < 1.29 is 9.47 Å². The van der Waals surface area contributed by atoms with E-state index in [0.717, 1.165) is 38.5 Å². The lowest BCUT2D eigenvalue weighted by molar-refractivity contribution is 0.0339. The molecule has 0 saturated carbocycles. The first-order chi connectivity index (χ1) is 9.29. The van der Waals surface area contributed by atoms with Gasteiger partial charge in [-0.2, -0.15) is 4.98 Å². The van der Waals surface area contributed by atoms with Gasteiger partial charge in [0.15, 0.2) is 5.82 Å². The van der Waals surface area contributed by atoms with E-state index < -0.39 is 0 Å². The highest BCUT2D eigenvalue weighted by molar-refractivity contribution is 5.36. The quantitative estimate of drug-likeness (QED) is 0.817. The number of morpholine rings is 1. The minimum Gasteiger partial charge on any atom is -0.477 e. The van der Waals surface area contributed by atoms with Crippen molar-refractivity contribution in [1.29, 1.82) is 0 Å². The average molecular weight is 266 g/mol. The van der Waals surface area contributed by atoms with Crippen LogP contribution in [-0.4, -0.2) is 56.0 Å². The van der Waals surface area contributed by atoms with Crippen LogP contribution in [0.15, 0.2) is 12.4 Å². The molecule has 1 saturated heterocycles. The Kier molecular flexibility index (Phi) is 5.35. The van der Waals surface area contributed by atoms with Gasteiger partial charge in [0.1, 0.15) is 0 Å². The molecular formula is C13H22N4O2. The summed E-state index contributed by atoms with van der Waals surface area (Å²) in [5.41, 5.74) is 0. The molecule has 0 aromatic carbocycles. The molecule has 1 aliphatic heterocycles. The molecule has 6 nitrogen and oxygen atoms in total. The molecule has 0 spiro atoms. The second-order valence-electron chi connectivity index (χ2n) is 4.64. The van der Waals surface area contributed by atoms with E-state index in [2.05, 4.69) is 22.2 Å². The molecule has 6 heteroatoms. The van der Waals surface area contributed by atoms with Gasteiger partial charge in [-0.1, -0.05) is 6.92 Å². The van der Waals surface area contributed by atoms with Gasteiger partial charge >= 0.3 is 0 Å². The van der Waals surface area contributed by atoms with Gasteiger partial charge in [0.25, 0.3) is 0 Å². The smallest absolute Gasteiger partial charge is 0.234 e. The van der Waals surface area contributed by atoms with Crippen LogP contribution >= 0.6 is 0 Å². The second-order valence-corrected chi connectivity index (χ2v) is 4.64. The molecule has 2 rings (SSSR count). The molecule has 0 bridgehead atoms. The molecule has 1 atom stereocenters.